The summed E-state index contributed by atoms with van der Waals surface area (Å²) in [5.74, 6) is 1.97. The van der Waals surface area contributed by atoms with Gasteiger partial charge >= 0.3 is 0 Å². The highest BCUT2D eigenvalue weighted by molar-refractivity contribution is 5.94. The lowest BCUT2D eigenvalue weighted by atomic mass is 9.48. The third kappa shape index (κ3) is 2.56. The van der Waals surface area contributed by atoms with Crippen LogP contribution in [0, 0.1) is 23.2 Å². The minimum atomic E-state index is -0.461. The normalized spacial score (nSPS) is 36.0. The largest absolute Gasteiger partial charge is 0.494 e. The molecule has 4 saturated carbocycles. The van der Waals surface area contributed by atoms with Gasteiger partial charge in [-0.2, -0.15) is 0 Å². The summed E-state index contributed by atoms with van der Waals surface area (Å²) in [6, 6.07) is 2.65. The highest BCUT2D eigenvalue weighted by Gasteiger charge is 2.53. The first-order valence-electron chi connectivity index (χ1n) is 8.68. The molecule has 4 bridgehead atoms. The number of hydrogen-bond donors (Lipinski definition) is 3. The van der Waals surface area contributed by atoms with Crippen molar-refractivity contribution in [1.29, 1.82) is 0 Å². The molecule has 1 aromatic rings. The van der Waals surface area contributed by atoms with E-state index in [1.54, 1.807) is 0 Å². The van der Waals surface area contributed by atoms with Crippen molar-refractivity contribution in [3.8, 4) is 5.88 Å². The van der Waals surface area contributed by atoms with Crippen molar-refractivity contribution < 1.29 is 9.90 Å². The lowest BCUT2D eigenvalue weighted by Gasteiger charge is -2.59. The van der Waals surface area contributed by atoms with E-state index in [-0.39, 0.29) is 28.8 Å². The zero-order chi connectivity index (χ0) is 16.2. The van der Waals surface area contributed by atoms with Crippen LogP contribution in [-0.4, -0.2) is 22.0 Å². The maximum Gasteiger partial charge on any atom is 0.251 e. The maximum absolute atomic E-state index is 12.5. The minimum absolute atomic E-state index is 0.102. The third-order valence-corrected chi connectivity index (χ3v) is 6.44. The van der Waals surface area contributed by atoms with Crippen LogP contribution in [0.25, 0.3) is 0 Å². The molecule has 0 aliphatic heterocycles. The zero-order valence-corrected chi connectivity index (χ0v) is 13.5. The summed E-state index contributed by atoms with van der Waals surface area (Å²) in [5.41, 5.74) is -0.00589. The van der Waals surface area contributed by atoms with Crippen molar-refractivity contribution in [2.24, 2.45) is 23.2 Å². The molecule has 1 aromatic heterocycles. The molecule has 4 aliphatic carbocycles. The van der Waals surface area contributed by atoms with Gasteiger partial charge in [0.25, 0.3) is 11.5 Å². The zero-order valence-electron chi connectivity index (χ0n) is 13.5. The van der Waals surface area contributed by atoms with E-state index in [1.165, 1.54) is 50.7 Å². The number of carbonyl (C=O) groups excluding carboxylic acids is 1. The lowest BCUT2D eigenvalue weighted by Crippen LogP contribution is -2.55. The second kappa shape index (κ2) is 5.11. The molecule has 0 radical (unpaired) electrons. The first-order chi connectivity index (χ1) is 10.9. The summed E-state index contributed by atoms with van der Waals surface area (Å²) in [7, 11) is 0. The number of carbonyl (C=O) groups is 1. The van der Waals surface area contributed by atoms with E-state index in [0.29, 0.717) is 0 Å². The number of aromatic hydroxyl groups is 1. The SMILES string of the molecule is CC(NC(=O)c1cc(O)[nH]c(=O)c1)C12CC3CC(CC(C3)C1)C2. The number of aromatic amines is 1. The molecule has 4 aliphatic rings. The standard InChI is InChI=1S/C18H24N2O3/c1-10(19-17(23)14-5-15(21)20-16(22)6-14)18-7-11-2-12(8-18)4-13(3-11)9-18/h5-6,10-13H,2-4,7-9H2,1H3,(H,19,23)(H2,20,21,22). The van der Waals surface area contributed by atoms with Crippen molar-refractivity contribution in [2.75, 3.05) is 0 Å². The van der Waals surface area contributed by atoms with Crippen LogP contribution in [-0.2, 0) is 0 Å². The van der Waals surface area contributed by atoms with Crippen LogP contribution in [0.3, 0.4) is 0 Å². The fraction of sp³-hybridized carbons (Fsp3) is 0.667. The summed E-state index contributed by atoms with van der Waals surface area (Å²) in [5, 5.41) is 12.6. The van der Waals surface area contributed by atoms with Crippen molar-refractivity contribution >= 4 is 5.91 Å². The van der Waals surface area contributed by atoms with Crippen LogP contribution in [0.15, 0.2) is 16.9 Å². The summed E-state index contributed by atoms with van der Waals surface area (Å²) in [6.45, 7) is 2.11. The van der Waals surface area contributed by atoms with E-state index < -0.39 is 5.56 Å². The van der Waals surface area contributed by atoms with Crippen LogP contribution in [0.1, 0.15) is 55.8 Å². The Morgan fingerprint density at radius 2 is 1.78 bits per heavy atom. The van der Waals surface area contributed by atoms with Gasteiger partial charge in [-0.15, -0.1) is 0 Å². The van der Waals surface area contributed by atoms with E-state index in [1.807, 2.05) is 0 Å². The van der Waals surface area contributed by atoms with Crippen molar-refractivity contribution in [2.45, 2.75) is 51.5 Å². The van der Waals surface area contributed by atoms with Crippen LogP contribution in [0.4, 0.5) is 0 Å². The number of aromatic nitrogens is 1. The Bertz CT molecular complexity index is 658. The summed E-state index contributed by atoms with van der Waals surface area (Å²) in [4.78, 5) is 26.2. The first kappa shape index (κ1) is 14.8. The van der Waals surface area contributed by atoms with Gasteiger partial charge in [-0.05, 0) is 68.6 Å². The van der Waals surface area contributed by atoms with Crippen LogP contribution in [0.5, 0.6) is 5.88 Å². The number of nitrogens with one attached hydrogen (secondary N) is 2. The van der Waals surface area contributed by atoms with Crippen LogP contribution < -0.4 is 10.9 Å². The molecule has 1 atom stereocenters. The van der Waals surface area contributed by atoms with Crippen molar-refractivity contribution in [1.82, 2.24) is 10.3 Å². The number of rotatable bonds is 3. The molecule has 124 valence electrons. The topological polar surface area (TPSA) is 82.2 Å². The molecule has 1 amide bonds. The molecule has 0 spiro atoms. The molecule has 0 aromatic carbocycles. The molecule has 5 heteroatoms. The van der Waals surface area contributed by atoms with Gasteiger partial charge in [-0.1, -0.05) is 0 Å². The molecule has 3 N–H and O–H groups in total. The van der Waals surface area contributed by atoms with Crippen molar-refractivity contribution in [3.63, 3.8) is 0 Å². The lowest BCUT2D eigenvalue weighted by molar-refractivity contribution is -0.0688. The van der Waals surface area contributed by atoms with Gasteiger partial charge in [-0.3, -0.25) is 14.6 Å². The molecule has 1 heterocycles. The summed E-state index contributed by atoms with van der Waals surface area (Å²) in [6.07, 6.45) is 7.80. The average molecular weight is 316 g/mol. The Kier molecular flexibility index (Phi) is 3.29. The third-order valence-electron chi connectivity index (χ3n) is 6.44. The molecule has 23 heavy (non-hydrogen) atoms. The number of H-pyrrole nitrogens is 1. The fourth-order valence-corrected chi connectivity index (χ4v) is 5.80. The van der Waals surface area contributed by atoms with Gasteiger partial charge in [0, 0.05) is 18.2 Å². The second-order valence-corrected chi connectivity index (χ2v) is 8.09. The first-order valence-corrected chi connectivity index (χ1v) is 8.68. The van der Waals surface area contributed by atoms with E-state index in [9.17, 15) is 14.7 Å². The molecule has 1 unspecified atom stereocenters. The van der Waals surface area contributed by atoms with Gasteiger partial charge in [0.05, 0.1) is 5.56 Å². The Morgan fingerprint density at radius 3 is 2.30 bits per heavy atom. The Hall–Kier alpha value is -1.78. The quantitative estimate of drug-likeness (QED) is 0.801. The van der Waals surface area contributed by atoms with Gasteiger partial charge in [0.1, 0.15) is 0 Å². The van der Waals surface area contributed by atoms with E-state index >= 15 is 0 Å². The predicted molar refractivity (Wildman–Crippen MR) is 86.3 cm³/mol. The van der Waals surface area contributed by atoms with Gasteiger partial charge in [0.2, 0.25) is 0 Å². The molecular weight excluding hydrogens is 292 g/mol. The summed E-state index contributed by atoms with van der Waals surface area (Å²) >= 11 is 0. The van der Waals surface area contributed by atoms with Crippen LogP contribution in [0.2, 0.25) is 0 Å². The van der Waals surface area contributed by atoms with Crippen LogP contribution >= 0.6 is 0 Å². The molecular formula is C18H24N2O3. The number of pyridine rings is 1. The molecule has 5 rings (SSSR count). The van der Waals surface area contributed by atoms with E-state index in [4.69, 9.17) is 0 Å². The van der Waals surface area contributed by atoms with Gasteiger partial charge < -0.3 is 10.4 Å². The smallest absolute Gasteiger partial charge is 0.251 e. The predicted octanol–water partition coefficient (Wildman–Crippen LogP) is 2.42. The molecule has 0 saturated heterocycles. The summed E-state index contributed by atoms with van der Waals surface area (Å²) < 4.78 is 0. The fourth-order valence-electron chi connectivity index (χ4n) is 5.80. The highest BCUT2D eigenvalue weighted by atomic mass is 16.3. The minimum Gasteiger partial charge on any atom is -0.494 e. The maximum atomic E-state index is 12.5. The number of hydrogen-bond acceptors (Lipinski definition) is 3. The van der Waals surface area contributed by atoms with E-state index in [0.717, 1.165) is 17.8 Å². The van der Waals surface area contributed by atoms with Gasteiger partial charge in [-0.25, -0.2) is 0 Å². The van der Waals surface area contributed by atoms with E-state index in [2.05, 4.69) is 17.2 Å². The number of amides is 1. The molecule has 5 nitrogen and oxygen atoms in total. The Balaban J connectivity index is 1.52. The second-order valence-electron chi connectivity index (χ2n) is 8.09. The van der Waals surface area contributed by atoms with Crippen molar-refractivity contribution in [3.05, 3.63) is 28.0 Å². The van der Waals surface area contributed by atoms with Gasteiger partial charge in [0.15, 0.2) is 5.88 Å². The Morgan fingerprint density at radius 1 is 1.22 bits per heavy atom. The Labute approximate surface area is 135 Å². The average Bonchev–Trinajstić information content (AvgIpc) is 2.44. The highest BCUT2D eigenvalue weighted by Crippen LogP contribution is 2.61. The monoisotopic (exact) mass is 316 g/mol. The molecule has 4 fully saturated rings.